The Morgan fingerprint density at radius 2 is 2.04 bits per heavy atom. The van der Waals surface area contributed by atoms with Crippen LogP contribution in [0.3, 0.4) is 0 Å². The van der Waals surface area contributed by atoms with Gasteiger partial charge < -0.3 is 14.9 Å². The summed E-state index contributed by atoms with van der Waals surface area (Å²) in [5, 5.41) is 9.24. The van der Waals surface area contributed by atoms with Gasteiger partial charge in [-0.2, -0.15) is 0 Å². The maximum absolute atomic E-state index is 12.4. The Labute approximate surface area is 155 Å². The summed E-state index contributed by atoms with van der Waals surface area (Å²) in [6.45, 7) is 4.06. The second-order valence-electron chi connectivity index (χ2n) is 7.90. The molecule has 26 heavy (non-hydrogen) atoms. The molecule has 1 aliphatic carbocycles. The highest BCUT2D eigenvalue weighted by atomic mass is 16.3. The number of likely N-dealkylation sites (tertiary alicyclic amines) is 1. The summed E-state index contributed by atoms with van der Waals surface area (Å²) in [6.07, 6.45) is 7.39. The van der Waals surface area contributed by atoms with E-state index in [1.54, 1.807) is 6.33 Å². The van der Waals surface area contributed by atoms with Crippen LogP contribution in [0, 0.1) is 0 Å². The van der Waals surface area contributed by atoms with Crippen LogP contribution in [0.1, 0.15) is 36.9 Å². The zero-order valence-electron chi connectivity index (χ0n) is 15.7. The Morgan fingerprint density at radius 1 is 1.15 bits per heavy atom. The molecular formula is C19H29N5O2. The van der Waals surface area contributed by atoms with Gasteiger partial charge in [-0.1, -0.05) is 0 Å². The van der Waals surface area contributed by atoms with Crippen molar-refractivity contribution in [1.29, 1.82) is 0 Å². The molecule has 2 saturated heterocycles. The fourth-order valence-corrected chi connectivity index (χ4v) is 4.85. The minimum absolute atomic E-state index is 0.00540. The lowest BCUT2D eigenvalue weighted by Gasteiger charge is -2.50. The number of piperazine rings is 1. The highest BCUT2D eigenvalue weighted by Gasteiger charge is 2.43. The summed E-state index contributed by atoms with van der Waals surface area (Å²) in [5.41, 5.74) is 2.54. The number of aliphatic hydroxyl groups is 1. The van der Waals surface area contributed by atoms with Crippen molar-refractivity contribution < 1.29 is 9.90 Å². The van der Waals surface area contributed by atoms with Crippen molar-refractivity contribution in [2.75, 3.05) is 51.3 Å². The number of aryl methyl sites for hydroxylation is 1. The van der Waals surface area contributed by atoms with Crippen LogP contribution >= 0.6 is 0 Å². The number of nitrogens with zero attached hydrogens (tertiary/aromatic N) is 5. The Balaban J connectivity index is 1.57. The second-order valence-corrected chi connectivity index (χ2v) is 7.90. The van der Waals surface area contributed by atoms with Crippen molar-refractivity contribution in [3.63, 3.8) is 0 Å². The van der Waals surface area contributed by atoms with Gasteiger partial charge in [-0.15, -0.1) is 0 Å². The molecular weight excluding hydrogens is 330 g/mol. The number of β-amino-alcohol motifs (C(OH)–C–C–N with tert-alkyl or cyclic N) is 1. The van der Waals surface area contributed by atoms with E-state index < -0.39 is 0 Å². The quantitative estimate of drug-likeness (QED) is 0.845. The number of aliphatic hydroxyl groups excluding tert-OH is 1. The molecule has 0 saturated carbocycles. The molecule has 7 heteroatoms. The summed E-state index contributed by atoms with van der Waals surface area (Å²) < 4.78 is 0. The lowest BCUT2D eigenvalue weighted by atomic mass is 9.86. The molecule has 2 fully saturated rings. The van der Waals surface area contributed by atoms with Gasteiger partial charge in [-0.3, -0.25) is 9.69 Å². The van der Waals surface area contributed by atoms with Crippen molar-refractivity contribution in [1.82, 2.24) is 19.8 Å². The summed E-state index contributed by atoms with van der Waals surface area (Å²) in [7, 11) is 2.19. The van der Waals surface area contributed by atoms with Crippen LogP contribution in [0.2, 0.25) is 0 Å². The van der Waals surface area contributed by atoms with Crippen LogP contribution in [-0.2, 0) is 17.6 Å². The number of hydrogen-bond acceptors (Lipinski definition) is 6. The molecule has 2 aliphatic heterocycles. The van der Waals surface area contributed by atoms with Crippen molar-refractivity contribution >= 4 is 11.7 Å². The van der Waals surface area contributed by atoms with Gasteiger partial charge in [0, 0.05) is 55.9 Å². The Kier molecular flexibility index (Phi) is 4.84. The van der Waals surface area contributed by atoms with Gasteiger partial charge in [0.15, 0.2) is 0 Å². The van der Waals surface area contributed by atoms with E-state index in [0.717, 1.165) is 57.7 Å². The molecule has 3 heterocycles. The molecule has 1 atom stereocenters. The molecule has 1 N–H and O–H groups in total. The third-order valence-corrected chi connectivity index (χ3v) is 6.53. The van der Waals surface area contributed by atoms with E-state index in [1.807, 2.05) is 4.90 Å². The standard InChI is InChI=1S/C19H29N5O2/c1-22-9-10-24(18-15-3-2-4-16(15)20-14-21-18)13-19(22)6-5-17(26)23(8-7-19)11-12-25/h14,25H,2-13H2,1H3/t19-/m1/s1. The molecule has 1 aromatic rings. The molecule has 0 radical (unpaired) electrons. The normalized spacial score (nSPS) is 27.1. The van der Waals surface area contributed by atoms with Crippen LogP contribution in [0.4, 0.5) is 5.82 Å². The van der Waals surface area contributed by atoms with E-state index in [-0.39, 0.29) is 18.1 Å². The van der Waals surface area contributed by atoms with Crippen LogP contribution < -0.4 is 4.90 Å². The first-order valence-electron chi connectivity index (χ1n) is 9.80. The lowest BCUT2D eigenvalue weighted by Crippen LogP contribution is -2.61. The molecule has 3 aliphatic rings. The lowest BCUT2D eigenvalue weighted by molar-refractivity contribution is -0.131. The minimum atomic E-state index is -0.00540. The number of anilines is 1. The van der Waals surface area contributed by atoms with Crippen LogP contribution in [-0.4, -0.2) is 82.7 Å². The van der Waals surface area contributed by atoms with Gasteiger partial charge >= 0.3 is 0 Å². The van der Waals surface area contributed by atoms with E-state index in [0.29, 0.717) is 13.0 Å². The Bertz CT molecular complexity index is 682. The summed E-state index contributed by atoms with van der Waals surface area (Å²) in [5.74, 6) is 1.28. The van der Waals surface area contributed by atoms with E-state index in [1.165, 1.54) is 17.7 Å². The largest absolute Gasteiger partial charge is 0.395 e. The van der Waals surface area contributed by atoms with Crippen LogP contribution in [0.15, 0.2) is 6.33 Å². The molecule has 142 valence electrons. The van der Waals surface area contributed by atoms with Gasteiger partial charge in [0.25, 0.3) is 0 Å². The number of aromatic nitrogens is 2. The average Bonchev–Trinajstić information content (AvgIpc) is 3.08. The molecule has 4 rings (SSSR count). The maximum atomic E-state index is 12.4. The molecule has 1 spiro atoms. The zero-order valence-corrected chi connectivity index (χ0v) is 15.7. The fraction of sp³-hybridized carbons (Fsp3) is 0.737. The maximum Gasteiger partial charge on any atom is 0.222 e. The summed E-state index contributed by atoms with van der Waals surface area (Å²) in [4.78, 5) is 28.2. The first-order chi connectivity index (χ1) is 12.6. The molecule has 0 aromatic carbocycles. The average molecular weight is 359 g/mol. The molecule has 7 nitrogen and oxygen atoms in total. The van der Waals surface area contributed by atoms with Gasteiger partial charge in [0.1, 0.15) is 12.1 Å². The number of hydrogen-bond donors (Lipinski definition) is 1. The van der Waals surface area contributed by atoms with E-state index in [9.17, 15) is 9.90 Å². The predicted molar refractivity (Wildman–Crippen MR) is 99.1 cm³/mol. The highest BCUT2D eigenvalue weighted by molar-refractivity contribution is 5.76. The van der Waals surface area contributed by atoms with Crippen molar-refractivity contribution in [2.24, 2.45) is 0 Å². The topological polar surface area (TPSA) is 72.8 Å². The number of likely N-dealkylation sites (N-methyl/N-ethyl adjacent to an activating group) is 1. The number of carbonyl (C=O) groups excluding carboxylic acids is 1. The SMILES string of the molecule is CN1CCN(c2ncnc3c2CCC3)C[C@]12CCC(=O)N(CCO)CC2. The number of rotatable bonds is 3. The third kappa shape index (κ3) is 3.07. The predicted octanol–water partition coefficient (Wildman–Crippen LogP) is 0.461. The minimum Gasteiger partial charge on any atom is -0.395 e. The number of carbonyl (C=O) groups is 1. The number of amides is 1. The fourth-order valence-electron chi connectivity index (χ4n) is 4.85. The monoisotopic (exact) mass is 359 g/mol. The molecule has 1 aromatic heterocycles. The van der Waals surface area contributed by atoms with Gasteiger partial charge in [-0.05, 0) is 39.2 Å². The Hall–Kier alpha value is -1.73. The van der Waals surface area contributed by atoms with E-state index in [2.05, 4.69) is 26.8 Å². The van der Waals surface area contributed by atoms with E-state index in [4.69, 9.17) is 0 Å². The smallest absolute Gasteiger partial charge is 0.222 e. The highest BCUT2D eigenvalue weighted by Crippen LogP contribution is 2.36. The van der Waals surface area contributed by atoms with Gasteiger partial charge in [0.2, 0.25) is 5.91 Å². The van der Waals surface area contributed by atoms with Gasteiger partial charge in [-0.25, -0.2) is 9.97 Å². The van der Waals surface area contributed by atoms with Crippen LogP contribution in [0.25, 0.3) is 0 Å². The molecule has 1 amide bonds. The summed E-state index contributed by atoms with van der Waals surface area (Å²) >= 11 is 0. The third-order valence-electron chi connectivity index (χ3n) is 6.53. The second kappa shape index (κ2) is 7.12. The van der Waals surface area contributed by atoms with Crippen molar-refractivity contribution in [3.8, 4) is 0 Å². The first-order valence-corrected chi connectivity index (χ1v) is 9.80. The first kappa shape index (κ1) is 17.7. The van der Waals surface area contributed by atoms with E-state index >= 15 is 0 Å². The zero-order chi connectivity index (χ0) is 18.1. The number of fused-ring (bicyclic) bond motifs is 1. The van der Waals surface area contributed by atoms with Crippen LogP contribution in [0.5, 0.6) is 0 Å². The summed E-state index contributed by atoms with van der Waals surface area (Å²) in [6, 6.07) is 0. The van der Waals surface area contributed by atoms with Gasteiger partial charge in [0.05, 0.1) is 6.61 Å². The molecule has 0 bridgehead atoms. The van der Waals surface area contributed by atoms with Crippen molar-refractivity contribution in [2.45, 2.75) is 44.1 Å². The Morgan fingerprint density at radius 3 is 2.88 bits per heavy atom. The molecule has 0 unspecified atom stereocenters. The van der Waals surface area contributed by atoms with Crippen molar-refractivity contribution in [3.05, 3.63) is 17.6 Å².